The zero-order valence-electron chi connectivity index (χ0n) is 18.9. The molecule has 1 aliphatic heterocycles. The van der Waals surface area contributed by atoms with E-state index in [0.29, 0.717) is 35.9 Å². The quantitative estimate of drug-likeness (QED) is 0.532. The Bertz CT molecular complexity index is 1040. The first-order chi connectivity index (χ1) is 15.0. The lowest BCUT2D eigenvalue weighted by Crippen LogP contribution is -2.24. The van der Waals surface area contributed by atoms with Crippen LogP contribution in [-0.2, 0) is 11.3 Å². The first-order valence-electron chi connectivity index (χ1n) is 10.8. The van der Waals surface area contributed by atoms with E-state index in [-0.39, 0.29) is 11.8 Å². The fourth-order valence-corrected chi connectivity index (χ4v) is 3.20. The summed E-state index contributed by atoms with van der Waals surface area (Å²) in [7, 11) is 0. The minimum Gasteiger partial charge on any atom is -0.491 e. The van der Waals surface area contributed by atoms with Crippen LogP contribution < -0.4 is 5.69 Å². The number of aryl methyl sites for hydroxylation is 1. The van der Waals surface area contributed by atoms with Gasteiger partial charge in [-0.05, 0) is 57.1 Å². The molecule has 7 heteroatoms. The minimum absolute atomic E-state index is 0.0664. The molecule has 1 aromatic heterocycles. The van der Waals surface area contributed by atoms with Crippen LogP contribution in [0, 0.1) is 0 Å². The second-order valence-electron chi connectivity index (χ2n) is 6.98. The molecule has 0 amide bonds. The second kappa shape index (κ2) is 12.1. The van der Waals surface area contributed by atoms with E-state index in [0.717, 1.165) is 17.8 Å². The molecule has 0 fully saturated rings. The van der Waals surface area contributed by atoms with E-state index in [2.05, 4.69) is 15.8 Å². The van der Waals surface area contributed by atoms with Crippen LogP contribution in [0.15, 0.2) is 62.9 Å². The van der Waals surface area contributed by atoms with Crippen LogP contribution in [0.1, 0.15) is 59.7 Å². The highest BCUT2D eigenvalue weighted by atomic mass is 35.5. The van der Waals surface area contributed by atoms with Crippen molar-refractivity contribution in [3.05, 3.63) is 69.4 Å². The van der Waals surface area contributed by atoms with Crippen molar-refractivity contribution in [1.29, 1.82) is 0 Å². The number of rotatable bonds is 6. The molecule has 0 N–H and O–H groups in total. The number of aromatic nitrogens is 3. The van der Waals surface area contributed by atoms with E-state index in [1.54, 1.807) is 17.0 Å². The summed E-state index contributed by atoms with van der Waals surface area (Å²) < 4.78 is 8.88. The molecular formula is C24H31ClN4O2. The van der Waals surface area contributed by atoms with Crippen LogP contribution >= 0.6 is 11.6 Å². The second-order valence-corrected chi connectivity index (χ2v) is 7.47. The number of aliphatic imine (C=N–C) groups is 1. The van der Waals surface area contributed by atoms with Gasteiger partial charge in [-0.25, -0.2) is 14.0 Å². The highest BCUT2D eigenvalue weighted by Crippen LogP contribution is 2.26. The largest absolute Gasteiger partial charge is 0.491 e. The Kier molecular flexibility index (Phi) is 9.57. The maximum Gasteiger partial charge on any atom is 0.351 e. The summed E-state index contributed by atoms with van der Waals surface area (Å²) in [5.74, 6) is 1.30. The monoisotopic (exact) mass is 442 g/mol. The predicted octanol–water partition coefficient (Wildman–Crippen LogP) is 5.68. The normalized spacial score (nSPS) is 18.4. The van der Waals surface area contributed by atoms with E-state index in [9.17, 15) is 4.79 Å². The third kappa shape index (κ3) is 6.58. The Morgan fingerprint density at radius 3 is 2.77 bits per heavy atom. The summed E-state index contributed by atoms with van der Waals surface area (Å²) in [6.45, 7) is 10.5. The van der Waals surface area contributed by atoms with Gasteiger partial charge in [-0.15, -0.1) is 5.10 Å². The van der Waals surface area contributed by atoms with Crippen molar-refractivity contribution in [1.82, 2.24) is 14.3 Å². The number of nitrogens with zero attached hydrogens (tertiary/aromatic N) is 4. The first-order valence-corrected chi connectivity index (χ1v) is 11.1. The molecule has 6 nitrogen and oxygen atoms in total. The van der Waals surface area contributed by atoms with Crippen LogP contribution in [0.4, 0.5) is 0 Å². The fraction of sp³-hybridized carbons (Fsp3) is 0.417. The number of allylic oxidation sites excluding steroid dienone is 7. The van der Waals surface area contributed by atoms with Gasteiger partial charge in [0, 0.05) is 36.0 Å². The maximum absolute atomic E-state index is 13.1. The van der Waals surface area contributed by atoms with Gasteiger partial charge in [0.05, 0.1) is 11.8 Å². The average molecular weight is 443 g/mol. The van der Waals surface area contributed by atoms with Gasteiger partial charge in [0.25, 0.3) is 0 Å². The summed E-state index contributed by atoms with van der Waals surface area (Å²) >= 11 is 6.24. The number of hydrogen-bond acceptors (Lipinski definition) is 4. The molecule has 1 aliphatic carbocycles. The van der Waals surface area contributed by atoms with Gasteiger partial charge in [0.1, 0.15) is 5.76 Å². The van der Waals surface area contributed by atoms with Crippen molar-refractivity contribution in [3.8, 4) is 0 Å². The molecule has 166 valence electrons. The lowest BCUT2D eigenvalue weighted by atomic mass is 10.1. The van der Waals surface area contributed by atoms with Gasteiger partial charge >= 0.3 is 5.69 Å². The summed E-state index contributed by atoms with van der Waals surface area (Å²) in [5.41, 5.74) is 4.43. The van der Waals surface area contributed by atoms with Crippen molar-refractivity contribution in [3.63, 3.8) is 0 Å². The summed E-state index contributed by atoms with van der Waals surface area (Å²) in [6.07, 6.45) is 14.6. The van der Waals surface area contributed by atoms with Crippen LogP contribution in [0.5, 0.6) is 0 Å². The number of halogens is 1. The van der Waals surface area contributed by atoms with Crippen LogP contribution in [0.2, 0.25) is 0 Å². The van der Waals surface area contributed by atoms with Crippen molar-refractivity contribution < 1.29 is 4.74 Å². The van der Waals surface area contributed by atoms with Crippen molar-refractivity contribution >= 4 is 29.1 Å². The van der Waals surface area contributed by atoms with Crippen molar-refractivity contribution in [2.24, 2.45) is 4.99 Å². The SMILES string of the molecule is CC.CCCn1nc(C2=CC=NC=C(Cl)C2)n(C2=C=CC/C=C(OC(C)C)\C=C/2)c1=O. The average Bonchev–Trinajstić information content (AvgIpc) is 2.89. The predicted molar refractivity (Wildman–Crippen MR) is 129 cm³/mol. The molecule has 0 saturated carbocycles. The van der Waals surface area contributed by atoms with Gasteiger partial charge in [-0.3, -0.25) is 4.99 Å². The van der Waals surface area contributed by atoms with Gasteiger partial charge in [0.15, 0.2) is 5.82 Å². The third-order valence-electron chi connectivity index (χ3n) is 4.20. The summed E-state index contributed by atoms with van der Waals surface area (Å²) in [5, 5.41) is 5.18. The Balaban J connectivity index is 0.00000166. The van der Waals surface area contributed by atoms with Crippen molar-refractivity contribution in [2.45, 2.75) is 66.5 Å². The lowest BCUT2D eigenvalue weighted by Gasteiger charge is -2.12. The van der Waals surface area contributed by atoms with Gasteiger partial charge < -0.3 is 4.74 Å². The van der Waals surface area contributed by atoms with E-state index >= 15 is 0 Å². The Morgan fingerprint density at radius 1 is 1.29 bits per heavy atom. The standard InChI is InChI=1S/C22H25ClN4O2.C2H6/c1-4-13-26-22(28)27(21(25-26)17-11-12-24-15-18(23)14-17)19-7-5-6-8-20(10-9-19)29-16(2)3;1-2/h5,8-12,15-16H,4,6,13-14H2,1-3H3;1-2H3/b10-9-,20-8+;. The smallest absolute Gasteiger partial charge is 0.351 e. The molecule has 2 heterocycles. The highest BCUT2D eigenvalue weighted by Gasteiger charge is 2.20. The third-order valence-corrected chi connectivity index (χ3v) is 4.43. The maximum atomic E-state index is 13.1. The van der Waals surface area contributed by atoms with E-state index in [1.807, 2.05) is 65.0 Å². The van der Waals surface area contributed by atoms with Gasteiger partial charge in [-0.2, -0.15) is 0 Å². The molecule has 0 spiro atoms. The van der Waals surface area contributed by atoms with E-state index in [4.69, 9.17) is 16.3 Å². The molecular weight excluding hydrogens is 412 g/mol. The van der Waals surface area contributed by atoms with Gasteiger partial charge in [-0.1, -0.05) is 38.1 Å². The zero-order valence-corrected chi connectivity index (χ0v) is 19.7. The van der Waals surface area contributed by atoms with Crippen LogP contribution in [-0.4, -0.2) is 26.7 Å². The molecule has 3 rings (SSSR count). The summed E-state index contributed by atoms with van der Waals surface area (Å²) in [4.78, 5) is 17.3. The van der Waals surface area contributed by atoms with Crippen molar-refractivity contribution in [2.75, 3.05) is 0 Å². The number of hydrogen-bond donors (Lipinski definition) is 0. The van der Waals surface area contributed by atoms with Crippen LogP contribution in [0.3, 0.4) is 0 Å². The lowest BCUT2D eigenvalue weighted by molar-refractivity contribution is 0.157. The van der Waals surface area contributed by atoms with Gasteiger partial charge in [0.2, 0.25) is 0 Å². The minimum atomic E-state index is -0.208. The molecule has 0 radical (unpaired) electrons. The topological polar surface area (TPSA) is 61.4 Å². The fourth-order valence-electron chi connectivity index (χ4n) is 3.00. The zero-order chi connectivity index (χ0) is 22.8. The molecule has 0 saturated heterocycles. The molecule has 2 aliphatic rings. The van der Waals surface area contributed by atoms with E-state index in [1.165, 1.54) is 4.68 Å². The van der Waals surface area contributed by atoms with Crippen LogP contribution in [0.25, 0.3) is 11.3 Å². The Labute approximate surface area is 189 Å². The Hall–Kier alpha value is -2.82. The molecule has 0 aromatic carbocycles. The molecule has 0 atom stereocenters. The first kappa shape index (κ1) is 24.4. The summed E-state index contributed by atoms with van der Waals surface area (Å²) in [6, 6.07) is 0. The molecule has 0 bridgehead atoms. The highest BCUT2D eigenvalue weighted by molar-refractivity contribution is 6.30. The molecule has 31 heavy (non-hydrogen) atoms. The Morgan fingerprint density at radius 2 is 2.06 bits per heavy atom. The van der Waals surface area contributed by atoms with E-state index < -0.39 is 0 Å². The molecule has 0 unspecified atom stereocenters. The molecule has 1 aromatic rings. The number of ether oxygens (including phenoxy) is 1.